The first-order valence-electron chi connectivity index (χ1n) is 5.50. The van der Waals surface area contributed by atoms with Gasteiger partial charge in [0.25, 0.3) is 0 Å². The standard InChI is InChI=1S/C11H21NO3/c1-11(2,3)15-10(14)12-6-8-4-5-9(8)7-13/h8-9,13H,4-7H2,1-3H3,(H,12,14)/t8-,9+/m0/s1. The number of carbonyl (C=O) groups excluding carboxylic acids is 1. The van der Waals surface area contributed by atoms with Gasteiger partial charge in [0.15, 0.2) is 0 Å². The van der Waals surface area contributed by atoms with Crippen molar-refractivity contribution < 1.29 is 14.6 Å². The highest BCUT2D eigenvalue weighted by Crippen LogP contribution is 2.32. The molecule has 4 nitrogen and oxygen atoms in total. The third-order valence-electron chi connectivity index (χ3n) is 2.72. The fraction of sp³-hybridized carbons (Fsp3) is 0.909. The molecular weight excluding hydrogens is 194 g/mol. The average molecular weight is 215 g/mol. The number of amides is 1. The number of ether oxygens (including phenoxy) is 1. The van der Waals surface area contributed by atoms with E-state index in [1.54, 1.807) is 0 Å². The summed E-state index contributed by atoms with van der Waals surface area (Å²) in [4.78, 5) is 11.3. The SMILES string of the molecule is CC(C)(C)OC(=O)NC[C@@H]1CC[C@@H]1CO. The fourth-order valence-electron chi connectivity index (χ4n) is 1.68. The largest absolute Gasteiger partial charge is 0.444 e. The lowest BCUT2D eigenvalue weighted by Gasteiger charge is -2.35. The monoisotopic (exact) mass is 215 g/mol. The van der Waals surface area contributed by atoms with E-state index >= 15 is 0 Å². The van der Waals surface area contributed by atoms with Crippen molar-refractivity contribution in [2.24, 2.45) is 11.8 Å². The van der Waals surface area contributed by atoms with Crippen LogP contribution in [0, 0.1) is 11.8 Å². The van der Waals surface area contributed by atoms with E-state index in [2.05, 4.69) is 5.32 Å². The van der Waals surface area contributed by atoms with E-state index in [1.807, 2.05) is 20.8 Å². The molecule has 2 atom stereocenters. The smallest absolute Gasteiger partial charge is 0.407 e. The van der Waals surface area contributed by atoms with Crippen LogP contribution < -0.4 is 5.32 Å². The number of nitrogens with one attached hydrogen (secondary N) is 1. The van der Waals surface area contributed by atoms with Gasteiger partial charge in [-0.25, -0.2) is 4.79 Å². The molecule has 1 fully saturated rings. The molecule has 0 unspecified atom stereocenters. The molecule has 1 aliphatic rings. The summed E-state index contributed by atoms with van der Waals surface area (Å²) in [6.07, 6.45) is 1.78. The summed E-state index contributed by atoms with van der Waals surface area (Å²) in [7, 11) is 0. The van der Waals surface area contributed by atoms with Gasteiger partial charge in [0.1, 0.15) is 5.60 Å². The summed E-state index contributed by atoms with van der Waals surface area (Å²) < 4.78 is 5.11. The molecule has 0 bridgehead atoms. The first kappa shape index (κ1) is 12.3. The van der Waals surface area contributed by atoms with Crippen LogP contribution in [0.25, 0.3) is 0 Å². The summed E-state index contributed by atoms with van der Waals surface area (Å²) in [5.41, 5.74) is -0.444. The molecule has 0 aliphatic heterocycles. The van der Waals surface area contributed by atoms with Gasteiger partial charge in [-0.15, -0.1) is 0 Å². The zero-order valence-electron chi connectivity index (χ0n) is 9.75. The van der Waals surface area contributed by atoms with Crippen LogP contribution in [-0.4, -0.2) is 30.0 Å². The van der Waals surface area contributed by atoms with E-state index in [9.17, 15) is 4.79 Å². The van der Waals surface area contributed by atoms with Crippen molar-refractivity contribution in [3.8, 4) is 0 Å². The number of hydrogen-bond donors (Lipinski definition) is 2. The summed E-state index contributed by atoms with van der Waals surface area (Å²) in [5.74, 6) is 0.780. The minimum atomic E-state index is -0.444. The van der Waals surface area contributed by atoms with Gasteiger partial charge >= 0.3 is 6.09 Å². The molecule has 1 saturated carbocycles. The summed E-state index contributed by atoms with van der Waals surface area (Å²) >= 11 is 0. The highest BCUT2D eigenvalue weighted by Gasteiger charge is 2.30. The zero-order valence-corrected chi connectivity index (χ0v) is 9.75. The van der Waals surface area contributed by atoms with Crippen molar-refractivity contribution in [1.29, 1.82) is 0 Å². The molecule has 4 heteroatoms. The maximum atomic E-state index is 11.3. The highest BCUT2D eigenvalue weighted by atomic mass is 16.6. The van der Waals surface area contributed by atoms with E-state index in [0.717, 1.165) is 12.8 Å². The Hall–Kier alpha value is -0.770. The van der Waals surface area contributed by atoms with Crippen LogP contribution in [0.15, 0.2) is 0 Å². The topological polar surface area (TPSA) is 58.6 Å². The lowest BCUT2D eigenvalue weighted by Crippen LogP contribution is -2.41. The van der Waals surface area contributed by atoms with Gasteiger partial charge in [0.05, 0.1) is 0 Å². The van der Waals surface area contributed by atoms with E-state index < -0.39 is 5.60 Å². The molecule has 0 aromatic carbocycles. The van der Waals surface area contributed by atoms with Crippen LogP contribution in [0.4, 0.5) is 4.79 Å². The summed E-state index contributed by atoms with van der Waals surface area (Å²) in [6, 6.07) is 0. The normalized spacial score (nSPS) is 25.6. The second-order valence-electron chi connectivity index (χ2n) is 5.16. The Kier molecular flexibility index (Phi) is 3.97. The predicted molar refractivity (Wildman–Crippen MR) is 57.5 cm³/mol. The van der Waals surface area contributed by atoms with Gasteiger partial charge < -0.3 is 15.2 Å². The second kappa shape index (κ2) is 4.84. The number of rotatable bonds is 3. The van der Waals surface area contributed by atoms with Crippen LogP contribution in [0.2, 0.25) is 0 Å². The lowest BCUT2D eigenvalue weighted by atomic mass is 9.74. The average Bonchev–Trinajstić information content (AvgIpc) is 1.99. The van der Waals surface area contributed by atoms with E-state index in [0.29, 0.717) is 18.4 Å². The van der Waals surface area contributed by atoms with Crippen molar-refractivity contribution in [3.63, 3.8) is 0 Å². The van der Waals surface area contributed by atoms with Crippen molar-refractivity contribution in [1.82, 2.24) is 5.32 Å². The van der Waals surface area contributed by atoms with Gasteiger partial charge in [-0.1, -0.05) is 0 Å². The zero-order chi connectivity index (χ0) is 11.5. The molecule has 0 radical (unpaired) electrons. The molecule has 88 valence electrons. The van der Waals surface area contributed by atoms with Gasteiger partial charge in [0.2, 0.25) is 0 Å². The van der Waals surface area contributed by atoms with Crippen molar-refractivity contribution in [2.45, 2.75) is 39.2 Å². The molecule has 0 aromatic rings. The second-order valence-corrected chi connectivity index (χ2v) is 5.16. The molecule has 0 heterocycles. The Labute approximate surface area is 91.0 Å². The van der Waals surface area contributed by atoms with Gasteiger partial charge in [-0.2, -0.15) is 0 Å². The molecule has 1 amide bonds. The number of hydrogen-bond acceptors (Lipinski definition) is 3. The van der Waals surface area contributed by atoms with Crippen molar-refractivity contribution >= 4 is 6.09 Å². The number of aliphatic hydroxyl groups excluding tert-OH is 1. The van der Waals surface area contributed by atoms with E-state index in [4.69, 9.17) is 9.84 Å². The Morgan fingerprint density at radius 3 is 2.40 bits per heavy atom. The molecule has 1 aliphatic carbocycles. The minimum Gasteiger partial charge on any atom is -0.444 e. The van der Waals surface area contributed by atoms with Gasteiger partial charge in [-0.05, 0) is 45.4 Å². The third kappa shape index (κ3) is 4.08. The molecule has 0 saturated heterocycles. The molecular formula is C11H21NO3. The van der Waals surface area contributed by atoms with Gasteiger partial charge in [0, 0.05) is 13.2 Å². The fourth-order valence-corrected chi connectivity index (χ4v) is 1.68. The molecule has 0 aromatic heterocycles. The first-order valence-corrected chi connectivity index (χ1v) is 5.50. The third-order valence-corrected chi connectivity index (χ3v) is 2.72. The van der Waals surface area contributed by atoms with Crippen molar-refractivity contribution in [3.05, 3.63) is 0 Å². The number of alkyl carbamates (subject to hydrolysis) is 1. The number of aliphatic hydroxyl groups is 1. The lowest BCUT2D eigenvalue weighted by molar-refractivity contribution is 0.0452. The first-order chi connectivity index (χ1) is 6.92. The van der Waals surface area contributed by atoms with Crippen LogP contribution in [-0.2, 0) is 4.74 Å². The van der Waals surface area contributed by atoms with Gasteiger partial charge in [-0.3, -0.25) is 0 Å². The molecule has 15 heavy (non-hydrogen) atoms. The van der Waals surface area contributed by atoms with E-state index in [1.165, 1.54) is 0 Å². The quantitative estimate of drug-likeness (QED) is 0.750. The highest BCUT2D eigenvalue weighted by molar-refractivity contribution is 5.67. The minimum absolute atomic E-state index is 0.223. The molecule has 1 rings (SSSR count). The van der Waals surface area contributed by atoms with E-state index in [-0.39, 0.29) is 12.7 Å². The maximum absolute atomic E-state index is 11.3. The summed E-state index contributed by atoms with van der Waals surface area (Å²) in [5, 5.41) is 11.7. The Morgan fingerprint density at radius 2 is 2.00 bits per heavy atom. The van der Waals surface area contributed by atoms with Crippen LogP contribution in [0.1, 0.15) is 33.6 Å². The Bertz CT molecular complexity index is 220. The predicted octanol–water partition coefficient (Wildman–Crippen LogP) is 1.53. The molecule has 0 spiro atoms. The Balaban J connectivity index is 2.17. The number of carbonyl (C=O) groups is 1. The van der Waals surface area contributed by atoms with Crippen molar-refractivity contribution in [2.75, 3.05) is 13.2 Å². The van der Waals surface area contributed by atoms with Crippen LogP contribution in [0.5, 0.6) is 0 Å². The van der Waals surface area contributed by atoms with Crippen LogP contribution >= 0.6 is 0 Å². The Morgan fingerprint density at radius 1 is 1.40 bits per heavy atom. The molecule has 2 N–H and O–H groups in total. The maximum Gasteiger partial charge on any atom is 0.407 e. The van der Waals surface area contributed by atoms with Crippen LogP contribution in [0.3, 0.4) is 0 Å². The summed E-state index contributed by atoms with van der Waals surface area (Å²) in [6.45, 7) is 6.35.